The number of benzene rings is 2. The van der Waals surface area contributed by atoms with Gasteiger partial charge in [0.1, 0.15) is 6.54 Å². The summed E-state index contributed by atoms with van der Waals surface area (Å²) in [5.74, 6) is -3.21. The van der Waals surface area contributed by atoms with Crippen LogP contribution in [0.25, 0.3) is 0 Å². The molecule has 2 aliphatic carbocycles. The van der Waals surface area contributed by atoms with Gasteiger partial charge in [-0.2, -0.15) is 5.01 Å². The van der Waals surface area contributed by atoms with E-state index in [4.69, 9.17) is 23.2 Å². The molecule has 1 aliphatic heterocycles. The summed E-state index contributed by atoms with van der Waals surface area (Å²) < 4.78 is 0.789. The number of nitrogens with zero attached hydrogens (tertiary/aromatic N) is 2. The molecule has 0 aromatic heterocycles. The molecule has 35 heavy (non-hydrogen) atoms. The Labute approximate surface area is 236 Å². The predicted molar refractivity (Wildman–Crippen MR) is 142 cm³/mol. The lowest BCUT2D eigenvalue weighted by molar-refractivity contribution is -0.154. The summed E-state index contributed by atoms with van der Waals surface area (Å²) in [4.78, 5) is 54.2. The molecular weight excluding hydrogens is 691 g/mol. The Kier molecular flexibility index (Phi) is 6.94. The first-order valence-electron chi connectivity index (χ1n) is 10.8. The Morgan fingerprint density at radius 1 is 0.943 bits per heavy atom. The maximum Gasteiger partial charge on any atom is 0.274 e. The minimum Gasteiger partial charge on any atom is -0.292 e. The number of halogens is 5. The minimum absolute atomic E-state index is 0.0333. The molecule has 2 saturated carbocycles. The lowest BCUT2D eigenvalue weighted by atomic mass is 9.81. The van der Waals surface area contributed by atoms with Crippen LogP contribution >= 0.6 is 71.0 Å². The van der Waals surface area contributed by atoms with Gasteiger partial charge in [0.25, 0.3) is 17.7 Å². The number of Topliss-reactive ketones (excluding diaryl/α,β-unsaturated/α-hetero) is 1. The molecule has 2 aromatic rings. The first-order chi connectivity index (χ1) is 16.6. The second-order valence-electron chi connectivity index (χ2n) is 8.91. The van der Waals surface area contributed by atoms with E-state index in [-0.39, 0.29) is 32.1 Å². The summed E-state index contributed by atoms with van der Waals surface area (Å²) in [5.41, 5.74) is 0.380. The summed E-state index contributed by atoms with van der Waals surface area (Å²) in [6, 6.07) is 10.9. The van der Waals surface area contributed by atoms with Gasteiger partial charge in [-0.1, -0.05) is 83.1 Å². The van der Waals surface area contributed by atoms with E-state index in [2.05, 4.69) is 47.8 Å². The number of fused-ring (bicyclic) bond motifs is 5. The molecule has 6 atom stereocenters. The summed E-state index contributed by atoms with van der Waals surface area (Å²) in [7, 11) is 0. The normalized spacial score (nSPS) is 29.0. The number of hydrogen-bond donors (Lipinski definition) is 0. The molecule has 1 heterocycles. The van der Waals surface area contributed by atoms with E-state index in [1.54, 1.807) is 24.3 Å². The molecule has 1 saturated heterocycles. The first kappa shape index (κ1) is 25.4. The van der Waals surface area contributed by atoms with E-state index in [0.717, 1.165) is 20.9 Å². The van der Waals surface area contributed by atoms with Gasteiger partial charge in [0, 0.05) is 24.7 Å². The molecule has 6 nitrogen and oxygen atoms in total. The van der Waals surface area contributed by atoms with Gasteiger partial charge in [-0.25, -0.2) is 5.01 Å². The second-order valence-corrected chi connectivity index (χ2v) is 12.8. The number of hydrazine groups is 1. The van der Waals surface area contributed by atoms with Gasteiger partial charge in [-0.3, -0.25) is 19.2 Å². The van der Waals surface area contributed by atoms with E-state index in [0.29, 0.717) is 10.6 Å². The predicted octanol–water partition coefficient (Wildman–Crippen LogP) is 5.77. The molecule has 0 N–H and O–H groups in total. The van der Waals surface area contributed by atoms with Gasteiger partial charge < -0.3 is 0 Å². The van der Waals surface area contributed by atoms with E-state index in [9.17, 15) is 19.2 Å². The second kappa shape index (κ2) is 9.56. The van der Waals surface area contributed by atoms with E-state index in [1.807, 2.05) is 0 Å². The van der Waals surface area contributed by atoms with Gasteiger partial charge in [-0.05, 0) is 48.6 Å². The van der Waals surface area contributed by atoms with Gasteiger partial charge in [0.2, 0.25) is 0 Å². The fourth-order valence-corrected chi connectivity index (χ4v) is 8.10. The Balaban J connectivity index is 1.53. The third-order valence-electron chi connectivity index (χ3n) is 7.06. The molecule has 3 aliphatic rings. The monoisotopic (exact) mass is 704 g/mol. The summed E-state index contributed by atoms with van der Waals surface area (Å²) in [6.07, 6.45) is 0.751. The van der Waals surface area contributed by atoms with Crippen LogP contribution in [0.4, 0.5) is 0 Å². The summed E-state index contributed by atoms with van der Waals surface area (Å²) in [5, 5.41) is 2.21. The van der Waals surface area contributed by atoms with E-state index < -0.39 is 41.9 Å². The Morgan fingerprint density at radius 2 is 1.51 bits per heavy atom. The molecule has 2 bridgehead atoms. The average Bonchev–Trinajstić information content (AvgIpc) is 3.42. The quantitative estimate of drug-likeness (QED) is 0.225. The van der Waals surface area contributed by atoms with Crippen LogP contribution in [0.3, 0.4) is 0 Å². The SMILES string of the molecule is O=C(CN(C(=O)c1ccc(Cl)cc1Cl)N1C(=O)[C@@H]2[C@H]3C[C@@H]([C@H](Br)[C@H]3Br)[C@H]2C1=O)c1ccc(Br)cc1. The highest BCUT2D eigenvalue weighted by molar-refractivity contribution is 9.12. The third-order valence-corrected chi connectivity index (χ3v) is 11.3. The lowest BCUT2D eigenvalue weighted by Gasteiger charge is -2.31. The van der Waals surface area contributed by atoms with Crippen molar-refractivity contribution in [2.45, 2.75) is 16.1 Å². The fourth-order valence-electron chi connectivity index (χ4n) is 5.47. The van der Waals surface area contributed by atoms with Gasteiger partial charge in [0.15, 0.2) is 5.78 Å². The van der Waals surface area contributed by atoms with Crippen molar-refractivity contribution in [2.24, 2.45) is 23.7 Å². The molecule has 11 heteroatoms. The highest BCUT2D eigenvalue weighted by Crippen LogP contribution is 2.60. The van der Waals surface area contributed by atoms with E-state index in [1.165, 1.54) is 18.2 Å². The van der Waals surface area contributed by atoms with Crippen molar-refractivity contribution < 1.29 is 19.2 Å². The molecule has 182 valence electrons. The number of carbonyl (C=O) groups excluding carboxylic acids is 4. The van der Waals surface area contributed by atoms with Crippen LogP contribution in [0.1, 0.15) is 27.1 Å². The van der Waals surface area contributed by atoms with Gasteiger partial charge in [-0.15, -0.1) is 0 Å². The van der Waals surface area contributed by atoms with Crippen LogP contribution in [0.2, 0.25) is 10.0 Å². The number of hydrogen-bond acceptors (Lipinski definition) is 4. The van der Waals surface area contributed by atoms with Gasteiger partial charge >= 0.3 is 0 Å². The third kappa shape index (κ3) is 4.21. The standard InChI is InChI=1S/C24H17Br3Cl2N2O4/c25-11-3-1-10(2-4-11)17(32)9-30(22(33)13-6-5-12(28)7-16(13)29)31-23(34)18-14-8-15(19(18)24(31)35)21(27)20(14)26/h1-7,14-15,18-21H,8-9H2/t14-,15-,18-,19-,20+,21+/m1/s1. The minimum atomic E-state index is -0.725. The highest BCUT2D eigenvalue weighted by Gasteiger charge is 2.67. The van der Waals surface area contributed by atoms with Crippen molar-refractivity contribution in [1.29, 1.82) is 0 Å². The van der Waals surface area contributed by atoms with Crippen LogP contribution in [-0.4, -0.2) is 49.7 Å². The van der Waals surface area contributed by atoms with Crippen LogP contribution in [0, 0.1) is 23.7 Å². The number of imide groups is 1. The highest BCUT2D eigenvalue weighted by atomic mass is 79.9. The molecule has 0 unspecified atom stereocenters. The number of amides is 3. The van der Waals surface area contributed by atoms with Crippen molar-refractivity contribution in [3.05, 3.63) is 68.1 Å². The molecule has 0 radical (unpaired) electrons. The summed E-state index contributed by atoms with van der Waals surface area (Å²) >= 11 is 22.9. The Morgan fingerprint density at radius 3 is 2.06 bits per heavy atom. The number of rotatable bonds is 5. The van der Waals surface area contributed by atoms with Gasteiger partial charge in [0.05, 0.1) is 22.4 Å². The molecular formula is C24H17Br3Cl2N2O4. The summed E-state index contributed by atoms with van der Waals surface area (Å²) in [6.45, 7) is -0.499. The van der Waals surface area contributed by atoms with Crippen molar-refractivity contribution in [3.63, 3.8) is 0 Å². The number of alkyl halides is 2. The number of ketones is 1. The zero-order chi connectivity index (χ0) is 25.2. The first-order valence-corrected chi connectivity index (χ1v) is 14.2. The van der Waals surface area contributed by atoms with Crippen molar-refractivity contribution in [3.8, 4) is 0 Å². The molecule has 2 aromatic carbocycles. The Hall–Kier alpha value is -1.26. The zero-order valence-electron chi connectivity index (χ0n) is 17.8. The zero-order valence-corrected chi connectivity index (χ0v) is 24.1. The average molecular weight is 708 g/mol. The fraction of sp³-hybridized carbons (Fsp3) is 0.333. The maximum atomic E-state index is 13.7. The van der Waals surface area contributed by atoms with E-state index >= 15 is 0 Å². The largest absolute Gasteiger partial charge is 0.292 e. The molecule has 3 fully saturated rings. The van der Waals surface area contributed by atoms with Crippen LogP contribution < -0.4 is 0 Å². The van der Waals surface area contributed by atoms with Crippen molar-refractivity contribution in [2.75, 3.05) is 6.54 Å². The van der Waals surface area contributed by atoms with Crippen LogP contribution in [-0.2, 0) is 9.59 Å². The topological polar surface area (TPSA) is 74.8 Å². The lowest BCUT2D eigenvalue weighted by Crippen LogP contribution is -2.52. The molecule has 3 amide bonds. The maximum absolute atomic E-state index is 13.7. The number of carbonyl (C=O) groups is 4. The van der Waals surface area contributed by atoms with Crippen LogP contribution in [0.15, 0.2) is 46.9 Å². The smallest absolute Gasteiger partial charge is 0.274 e. The van der Waals surface area contributed by atoms with Crippen molar-refractivity contribution >= 4 is 94.5 Å². The molecule has 5 rings (SSSR count). The Bertz CT molecular complexity index is 1230. The van der Waals surface area contributed by atoms with Crippen LogP contribution in [0.5, 0.6) is 0 Å². The van der Waals surface area contributed by atoms with Crippen molar-refractivity contribution in [1.82, 2.24) is 10.0 Å². The molecule has 0 spiro atoms.